The third-order valence-electron chi connectivity index (χ3n) is 2.25. The molecule has 5 nitrogen and oxygen atoms in total. The molecule has 0 spiro atoms. The first-order valence-electron chi connectivity index (χ1n) is 5.46. The van der Waals surface area contributed by atoms with Crippen molar-refractivity contribution >= 4 is 5.91 Å². The minimum absolute atomic E-state index is 0.0699. The molecule has 1 aromatic heterocycles. The third kappa shape index (κ3) is 4.93. The number of rotatable bonds is 7. The van der Waals surface area contributed by atoms with Crippen LogP contribution in [-0.4, -0.2) is 38.3 Å². The lowest BCUT2D eigenvalue weighted by Gasteiger charge is -2.17. The Balaban J connectivity index is 2.57. The van der Waals surface area contributed by atoms with Gasteiger partial charge in [-0.1, -0.05) is 6.07 Å². The van der Waals surface area contributed by atoms with Crippen molar-refractivity contribution in [2.75, 3.05) is 27.4 Å². The molecule has 1 rings (SSSR count). The maximum Gasteiger partial charge on any atom is 0.222 e. The van der Waals surface area contributed by atoms with Gasteiger partial charge in [-0.15, -0.1) is 0 Å². The molecule has 0 saturated carbocycles. The van der Waals surface area contributed by atoms with Gasteiger partial charge in [-0.3, -0.25) is 9.78 Å². The summed E-state index contributed by atoms with van der Waals surface area (Å²) in [6.07, 6.45) is 2.03. The van der Waals surface area contributed by atoms with Crippen LogP contribution in [0, 0.1) is 0 Å². The first-order valence-corrected chi connectivity index (χ1v) is 5.46. The number of carbonyl (C=O) groups excluding carboxylic acids is 1. The Bertz CT molecular complexity index is 330. The van der Waals surface area contributed by atoms with E-state index in [1.54, 1.807) is 20.4 Å². The molecule has 1 N–H and O–H groups in total. The van der Waals surface area contributed by atoms with Crippen molar-refractivity contribution in [2.45, 2.75) is 12.5 Å². The van der Waals surface area contributed by atoms with Crippen molar-refractivity contribution in [3.8, 4) is 0 Å². The van der Waals surface area contributed by atoms with Gasteiger partial charge in [0.1, 0.15) is 0 Å². The number of nitrogens with one attached hydrogen (secondary N) is 1. The van der Waals surface area contributed by atoms with Crippen molar-refractivity contribution in [1.29, 1.82) is 0 Å². The second kappa shape index (κ2) is 7.76. The highest BCUT2D eigenvalue weighted by atomic mass is 16.5. The highest BCUT2D eigenvalue weighted by Crippen LogP contribution is 2.09. The van der Waals surface area contributed by atoms with Gasteiger partial charge in [0.15, 0.2) is 0 Å². The summed E-state index contributed by atoms with van der Waals surface area (Å²) in [6, 6.07) is 5.36. The quantitative estimate of drug-likeness (QED) is 0.767. The maximum absolute atomic E-state index is 11.6. The van der Waals surface area contributed by atoms with E-state index in [0.717, 1.165) is 5.69 Å². The van der Waals surface area contributed by atoms with Crippen LogP contribution in [0.15, 0.2) is 24.4 Å². The Morgan fingerprint density at radius 1 is 1.41 bits per heavy atom. The zero-order valence-corrected chi connectivity index (χ0v) is 10.2. The topological polar surface area (TPSA) is 60.5 Å². The molecule has 1 amide bonds. The molecule has 0 unspecified atom stereocenters. The number of methoxy groups -OCH3 is 2. The number of ether oxygens (including phenoxy) is 2. The Morgan fingerprint density at radius 3 is 2.82 bits per heavy atom. The van der Waals surface area contributed by atoms with E-state index in [4.69, 9.17) is 9.47 Å². The monoisotopic (exact) mass is 238 g/mol. The largest absolute Gasteiger partial charge is 0.384 e. The number of pyridine rings is 1. The summed E-state index contributed by atoms with van der Waals surface area (Å²) in [5.41, 5.74) is 0.792. The van der Waals surface area contributed by atoms with Crippen molar-refractivity contribution in [1.82, 2.24) is 10.3 Å². The third-order valence-corrected chi connectivity index (χ3v) is 2.25. The van der Waals surface area contributed by atoms with Gasteiger partial charge in [-0.25, -0.2) is 0 Å². The van der Waals surface area contributed by atoms with Crippen molar-refractivity contribution in [2.24, 2.45) is 0 Å². The van der Waals surface area contributed by atoms with Crippen LogP contribution in [0.3, 0.4) is 0 Å². The van der Waals surface area contributed by atoms with Crippen molar-refractivity contribution < 1.29 is 14.3 Å². The number of nitrogens with zero attached hydrogens (tertiary/aromatic N) is 1. The highest BCUT2D eigenvalue weighted by molar-refractivity contribution is 5.76. The zero-order valence-electron chi connectivity index (χ0n) is 10.2. The van der Waals surface area contributed by atoms with Crippen LogP contribution in [0.1, 0.15) is 18.2 Å². The molecule has 0 aliphatic carbocycles. The summed E-state index contributed by atoms with van der Waals surface area (Å²) >= 11 is 0. The number of amides is 1. The van der Waals surface area contributed by atoms with Gasteiger partial charge in [-0.2, -0.15) is 0 Å². The molecule has 0 saturated heterocycles. The molecule has 17 heavy (non-hydrogen) atoms. The van der Waals surface area contributed by atoms with E-state index in [1.165, 1.54) is 0 Å². The van der Waals surface area contributed by atoms with Gasteiger partial charge < -0.3 is 14.8 Å². The lowest BCUT2D eigenvalue weighted by molar-refractivity contribution is -0.123. The van der Waals surface area contributed by atoms with E-state index in [9.17, 15) is 4.79 Å². The van der Waals surface area contributed by atoms with Gasteiger partial charge in [0.25, 0.3) is 0 Å². The summed E-state index contributed by atoms with van der Waals surface area (Å²) in [5, 5.41) is 2.86. The van der Waals surface area contributed by atoms with Gasteiger partial charge in [0.2, 0.25) is 5.91 Å². The molecule has 0 bridgehead atoms. The Kier molecular flexibility index (Phi) is 6.21. The zero-order chi connectivity index (χ0) is 12.5. The SMILES string of the molecule is COCCC(=O)N[C@H](COC)c1ccccn1. The lowest BCUT2D eigenvalue weighted by atomic mass is 10.2. The molecule has 1 heterocycles. The minimum Gasteiger partial charge on any atom is -0.384 e. The fourth-order valence-electron chi connectivity index (χ4n) is 1.41. The molecule has 0 aromatic carbocycles. The molecule has 94 valence electrons. The van der Waals surface area contributed by atoms with E-state index in [1.807, 2.05) is 18.2 Å². The van der Waals surface area contributed by atoms with E-state index in [-0.39, 0.29) is 11.9 Å². The lowest BCUT2D eigenvalue weighted by Crippen LogP contribution is -2.32. The van der Waals surface area contributed by atoms with Crippen LogP contribution < -0.4 is 5.32 Å². The van der Waals surface area contributed by atoms with Crippen LogP contribution >= 0.6 is 0 Å². The van der Waals surface area contributed by atoms with E-state index in [0.29, 0.717) is 19.6 Å². The van der Waals surface area contributed by atoms with Gasteiger partial charge in [-0.05, 0) is 12.1 Å². The first-order chi connectivity index (χ1) is 8.27. The van der Waals surface area contributed by atoms with Crippen LogP contribution in [0.2, 0.25) is 0 Å². The van der Waals surface area contributed by atoms with Crippen molar-refractivity contribution in [3.05, 3.63) is 30.1 Å². The predicted molar refractivity (Wildman–Crippen MR) is 63.5 cm³/mol. The normalized spacial score (nSPS) is 12.1. The molecule has 0 radical (unpaired) electrons. The molecular formula is C12H18N2O3. The first kappa shape index (κ1) is 13.6. The van der Waals surface area contributed by atoms with E-state index >= 15 is 0 Å². The van der Waals surface area contributed by atoms with Crippen LogP contribution in [0.5, 0.6) is 0 Å². The average Bonchev–Trinajstić information content (AvgIpc) is 2.37. The predicted octanol–water partition coefficient (Wildman–Crippen LogP) is 0.922. The Hall–Kier alpha value is -1.46. The smallest absolute Gasteiger partial charge is 0.222 e. The molecule has 1 atom stereocenters. The number of carbonyl (C=O) groups is 1. The standard InChI is InChI=1S/C12H18N2O3/c1-16-8-6-12(15)14-11(9-17-2)10-5-3-4-7-13-10/h3-5,7,11H,6,8-9H2,1-2H3,(H,14,15)/t11-/m1/s1. The maximum atomic E-state index is 11.6. The second-order valence-corrected chi connectivity index (χ2v) is 3.57. The summed E-state index contributed by atoms with van der Waals surface area (Å²) in [6.45, 7) is 0.809. The Labute approximate surface area is 101 Å². The summed E-state index contributed by atoms with van der Waals surface area (Å²) in [7, 11) is 3.16. The fraction of sp³-hybridized carbons (Fsp3) is 0.500. The fourth-order valence-corrected chi connectivity index (χ4v) is 1.41. The molecule has 1 aromatic rings. The summed E-state index contributed by atoms with van der Waals surface area (Å²) < 4.78 is 9.93. The summed E-state index contributed by atoms with van der Waals surface area (Å²) in [5.74, 6) is -0.0699. The highest BCUT2D eigenvalue weighted by Gasteiger charge is 2.14. The van der Waals surface area contributed by atoms with Gasteiger partial charge in [0.05, 0.1) is 24.9 Å². The van der Waals surface area contributed by atoms with Gasteiger partial charge >= 0.3 is 0 Å². The molecule has 5 heteroatoms. The van der Waals surface area contributed by atoms with Gasteiger partial charge in [0, 0.05) is 26.8 Å². The van der Waals surface area contributed by atoms with Crippen molar-refractivity contribution in [3.63, 3.8) is 0 Å². The second-order valence-electron chi connectivity index (χ2n) is 3.57. The van der Waals surface area contributed by atoms with Crippen LogP contribution in [-0.2, 0) is 14.3 Å². The molecule has 0 aliphatic heterocycles. The van der Waals surface area contributed by atoms with Crippen LogP contribution in [0.25, 0.3) is 0 Å². The van der Waals surface area contributed by atoms with E-state index < -0.39 is 0 Å². The average molecular weight is 238 g/mol. The number of hydrogen-bond donors (Lipinski definition) is 1. The number of hydrogen-bond acceptors (Lipinski definition) is 4. The Morgan fingerprint density at radius 2 is 2.24 bits per heavy atom. The minimum atomic E-state index is -0.217. The molecule has 0 fully saturated rings. The number of aromatic nitrogens is 1. The summed E-state index contributed by atoms with van der Waals surface area (Å²) in [4.78, 5) is 15.8. The van der Waals surface area contributed by atoms with Crippen LogP contribution in [0.4, 0.5) is 0 Å². The van der Waals surface area contributed by atoms with E-state index in [2.05, 4.69) is 10.3 Å². The molecular weight excluding hydrogens is 220 g/mol. The molecule has 0 aliphatic rings.